The van der Waals surface area contributed by atoms with Gasteiger partial charge in [0.2, 0.25) is 5.89 Å². The van der Waals surface area contributed by atoms with Crippen LogP contribution in [0.4, 0.5) is 0 Å². The van der Waals surface area contributed by atoms with Gasteiger partial charge in [0.1, 0.15) is 23.0 Å². The Morgan fingerprint density at radius 1 is 1.17 bits per heavy atom. The second kappa shape index (κ2) is 6.16. The molecule has 0 radical (unpaired) electrons. The number of oxazole rings is 1. The van der Waals surface area contributed by atoms with E-state index in [4.69, 9.17) is 13.9 Å². The minimum Gasteiger partial charge on any atom is -0.496 e. The fourth-order valence-electron chi connectivity index (χ4n) is 2.56. The number of nitrogens with zero attached hydrogens (tertiary/aromatic N) is 3. The van der Waals surface area contributed by atoms with Gasteiger partial charge in [-0.2, -0.15) is 5.10 Å². The van der Waals surface area contributed by atoms with E-state index in [1.54, 1.807) is 20.4 Å². The van der Waals surface area contributed by atoms with Gasteiger partial charge in [-0.05, 0) is 32.0 Å². The third kappa shape index (κ3) is 2.79. The van der Waals surface area contributed by atoms with Gasteiger partial charge in [-0.3, -0.25) is 4.68 Å². The topological polar surface area (TPSA) is 62.3 Å². The van der Waals surface area contributed by atoms with E-state index in [9.17, 15) is 0 Å². The number of benzene rings is 1. The molecule has 23 heavy (non-hydrogen) atoms. The van der Waals surface area contributed by atoms with Crippen molar-refractivity contribution in [2.24, 2.45) is 0 Å². The highest BCUT2D eigenvalue weighted by Gasteiger charge is 2.19. The zero-order valence-electron chi connectivity index (χ0n) is 13.7. The number of aryl methyl sites for hydroxylation is 1. The van der Waals surface area contributed by atoms with Crippen LogP contribution in [0.2, 0.25) is 0 Å². The van der Waals surface area contributed by atoms with Gasteiger partial charge in [-0.15, -0.1) is 0 Å². The summed E-state index contributed by atoms with van der Waals surface area (Å²) in [4.78, 5) is 4.61. The Balaban J connectivity index is 2.01. The SMILES string of the molecule is COc1ccc(-c2nc(Cn3cccn3)c(C)o2)c(OC)c1C. The van der Waals surface area contributed by atoms with Crippen LogP contribution in [0.15, 0.2) is 35.0 Å². The monoisotopic (exact) mass is 313 g/mol. The average molecular weight is 313 g/mol. The maximum Gasteiger partial charge on any atom is 0.230 e. The lowest BCUT2D eigenvalue weighted by atomic mass is 10.1. The summed E-state index contributed by atoms with van der Waals surface area (Å²) in [6.45, 7) is 4.42. The second-order valence-corrected chi connectivity index (χ2v) is 5.20. The Morgan fingerprint density at radius 3 is 2.65 bits per heavy atom. The quantitative estimate of drug-likeness (QED) is 0.723. The molecular formula is C17H19N3O3. The van der Waals surface area contributed by atoms with Crippen molar-refractivity contribution in [1.29, 1.82) is 0 Å². The van der Waals surface area contributed by atoms with Crippen LogP contribution in [0.3, 0.4) is 0 Å². The number of ether oxygens (including phenoxy) is 2. The summed E-state index contributed by atoms with van der Waals surface area (Å²) >= 11 is 0. The van der Waals surface area contributed by atoms with Crippen LogP contribution >= 0.6 is 0 Å². The molecule has 0 spiro atoms. The fourth-order valence-corrected chi connectivity index (χ4v) is 2.56. The third-order valence-corrected chi connectivity index (χ3v) is 3.77. The van der Waals surface area contributed by atoms with Crippen LogP contribution in [-0.2, 0) is 6.54 Å². The van der Waals surface area contributed by atoms with Crippen molar-refractivity contribution in [3.8, 4) is 23.0 Å². The van der Waals surface area contributed by atoms with Gasteiger partial charge in [-0.25, -0.2) is 4.98 Å². The molecule has 6 nitrogen and oxygen atoms in total. The maximum atomic E-state index is 5.85. The van der Waals surface area contributed by atoms with E-state index in [0.29, 0.717) is 18.2 Å². The lowest BCUT2D eigenvalue weighted by Gasteiger charge is -2.12. The molecule has 0 amide bonds. The van der Waals surface area contributed by atoms with E-state index in [-0.39, 0.29) is 0 Å². The van der Waals surface area contributed by atoms with Crippen molar-refractivity contribution in [3.63, 3.8) is 0 Å². The molecule has 3 rings (SSSR count). The molecule has 2 aromatic heterocycles. The van der Waals surface area contributed by atoms with Crippen molar-refractivity contribution in [1.82, 2.24) is 14.8 Å². The van der Waals surface area contributed by atoms with Crippen molar-refractivity contribution in [2.75, 3.05) is 14.2 Å². The molecular weight excluding hydrogens is 294 g/mol. The van der Waals surface area contributed by atoms with Gasteiger partial charge in [-0.1, -0.05) is 0 Å². The summed E-state index contributed by atoms with van der Waals surface area (Å²) < 4.78 is 18.5. The highest BCUT2D eigenvalue weighted by molar-refractivity contribution is 5.68. The third-order valence-electron chi connectivity index (χ3n) is 3.77. The molecule has 0 bridgehead atoms. The Morgan fingerprint density at radius 2 is 2.00 bits per heavy atom. The molecule has 0 atom stereocenters. The number of methoxy groups -OCH3 is 2. The summed E-state index contributed by atoms with van der Waals surface area (Å²) in [5.41, 5.74) is 2.57. The van der Waals surface area contributed by atoms with Crippen LogP contribution in [-0.4, -0.2) is 29.0 Å². The van der Waals surface area contributed by atoms with E-state index in [1.807, 2.05) is 42.9 Å². The van der Waals surface area contributed by atoms with Crippen molar-refractivity contribution in [2.45, 2.75) is 20.4 Å². The predicted molar refractivity (Wildman–Crippen MR) is 85.8 cm³/mol. The largest absolute Gasteiger partial charge is 0.496 e. The van der Waals surface area contributed by atoms with Crippen LogP contribution in [0.1, 0.15) is 17.0 Å². The Bertz CT molecular complexity index is 807. The standard InChI is InChI=1S/C17H19N3O3/c1-11-15(21-3)7-6-13(16(11)22-4)17-19-14(12(2)23-17)10-20-9-5-8-18-20/h5-9H,10H2,1-4H3. The maximum absolute atomic E-state index is 5.85. The lowest BCUT2D eigenvalue weighted by Crippen LogP contribution is -2.01. The Kier molecular flexibility index (Phi) is 4.06. The number of hydrogen-bond donors (Lipinski definition) is 0. The normalized spacial score (nSPS) is 10.8. The minimum atomic E-state index is 0.534. The number of hydrogen-bond acceptors (Lipinski definition) is 5. The molecule has 0 aliphatic rings. The molecule has 0 N–H and O–H groups in total. The Labute approximate surface area is 134 Å². The van der Waals surface area contributed by atoms with E-state index in [2.05, 4.69) is 10.1 Å². The molecule has 6 heteroatoms. The smallest absolute Gasteiger partial charge is 0.230 e. The van der Waals surface area contributed by atoms with Gasteiger partial charge < -0.3 is 13.9 Å². The molecule has 0 saturated carbocycles. The highest BCUT2D eigenvalue weighted by Crippen LogP contribution is 2.37. The molecule has 3 aromatic rings. The average Bonchev–Trinajstić information content (AvgIpc) is 3.18. The fraction of sp³-hybridized carbons (Fsp3) is 0.294. The lowest BCUT2D eigenvalue weighted by molar-refractivity contribution is 0.388. The first-order valence-electron chi connectivity index (χ1n) is 7.29. The zero-order valence-corrected chi connectivity index (χ0v) is 13.7. The van der Waals surface area contributed by atoms with E-state index in [0.717, 1.165) is 28.3 Å². The summed E-state index contributed by atoms with van der Waals surface area (Å²) in [6.07, 6.45) is 3.64. The highest BCUT2D eigenvalue weighted by atomic mass is 16.5. The van der Waals surface area contributed by atoms with Crippen molar-refractivity contribution in [3.05, 3.63) is 47.6 Å². The summed E-state index contributed by atoms with van der Waals surface area (Å²) in [5.74, 6) is 2.78. The van der Waals surface area contributed by atoms with Gasteiger partial charge in [0.15, 0.2) is 0 Å². The Hall–Kier alpha value is -2.76. The molecule has 120 valence electrons. The number of aromatic nitrogens is 3. The van der Waals surface area contributed by atoms with E-state index < -0.39 is 0 Å². The predicted octanol–water partition coefficient (Wildman–Crippen LogP) is 3.22. The van der Waals surface area contributed by atoms with Crippen LogP contribution < -0.4 is 9.47 Å². The van der Waals surface area contributed by atoms with Gasteiger partial charge >= 0.3 is 0 Å². The molecule has 0 aliphatic heterocycles. The van der Waals surface area contributed by atoms with Gasteiger partial charge in [0, 0.05) is 18.0 Å². The number of rotatable bonds is 5. The van der Waals surface area contributed by atoms with Crippen LogP contribution in [0, 0.1) is 13.8 Å². The van der Waals surface area contributed by atoms with E-state index >= 15 is 0 Å². The van der Waals surface area contributed by atoms with Crippen molar-refractivity contribution >= 4 is 0 Å². The molecule has 2 heterocycles. The van der Waals surface area contributed by atoms with Gasteiger partial charge in [0.05, 0.1) is 26.3 Å². The minimum absolute atomic E-state index is 0.534. The molecule has 0 fully saturated rings. The first-order valence-corrected chi connectivity index (χ1v) is 7.29. The van der Waals surface area contributed by atoms with Crippen LogP contribution in [0.25, 0.3) is 11.5 Å². The van der Waals surface area contributed by atoms with Crippen LogP contribution in [0.5, 0.6) is 11.5 Å². The molecule has 0 saturated heterocycles. The molecule has 0 unspecified atom stereocenters. The molecule has 0 aliphatic carbocycles. The van der Waals surface area contributed by atoms with Crippen molar-refractivity contribution < 1.29 is 13.9 Å². The second-order valence-electron chi connectivity index (χ2n) is 5.20. The molecule has 1 aromatic carbocycles. The first-order chi connectivity index (χ1) is 11.1. The summed E-state index contributed by atoms with van der Waals surface area (Å²) in [7, 11) is 3.27. The zero-order chi connectivity index (χ0) is 16.4. The first kappa shape index (κ1) is 15.1. The summed E-state index contributed by atoms with van der Waals surface area (Å²) in [5, 5.41) is 4.20. The van der Waals surface area contributed by atoms with E-state index in [1.165, 1.54) is 0 Å². The van der Waals surface area contributed by atoms with Gasteiger partial charge in [0.25, 0.3) is 0 Å². The summed E-state index contributed by atoms with van der Waals surface area (Å²) in [6, 6.07) is 5.67.